The van der Waals surface area contributed by atoms with Crippen LogP contribution in [0.2, 0.25) is 0 Å². The van der Waals surface area contributed by atoms with Crippen LogP contribution in [0, 0.1) is 0 Å². The molecule has 0 atom stereocenters. The standard InChI is InChI=1S/C3H8O3.C2H6O2.C2H4O/c4-1-3(6)2-5;3-1-2-4;1-2-3/h3-6H,1-2H2;3-4H,1-2H2;2-3H,1H2. The van der Waals surface area contributed by atoms with Crippen molar-refractivity contribution in [2.45, 2.75) is 6.10 Å². The Morgan fingerprint density at radius 3 is 1.23 bits per heavy atom. The summed E-state index contributed by atoms with van der Waals surface area (Å²) >= 11 is 0. The van der Waals surface area contributed by atoms with E-state index in [0.29, 0.717) is 0 Å². The first-order valence-electron chi connectivity index (χ1n) is 3.51. The Balaban J connectivity index is -0.000000125. The predicted molar refractivity (Wildman–Crippen MR) is 47.2 cm³/mol. The van der Waals surface area contributed by atoms with Gasteiger partial charge in [-0.25, -0.2) is 0 Å². The third kappa shape index (κ3) is 52.5. The third-order valence-electron chi connectivity index (χ3n) is 0.521. The number of hydrogen-bond donors (Lipinski definition) is 6. The Labute approximate surface area is 77.0 Å². The smallest absolute Gasteiger partial charge is 0.100 e. The van der Waals surface area contributed by atoms with Crippen LogP contribution < -0.4 is 0 Å². The summed E-state index contributed by atoms with van der Waals surface area (Å²) in [6, 6.07) is 0. The van der Waals surface area contributed by atoms with Gasteiger partial charge in [-0.1, -0.05) is 6.58 Å². The third-order valence-corrected chi connectivity index (χ3v) is 0.521. The van der Waals surface area contributed by atoms with E-state index < -0.39 is 6.10 Å². The lowest BCUT2D eigenvalue weighted by Crippen LogP contribution is -2.15. The molecule has 6 N–H and O–H groups in total. The van der Waals surface area contributed by atoms with Crippen LogP contribution >= 0.6 is 0 Å². The molecule has 0 aliphatic heterocycles. The van der Waals surface area contributed by atoms with Gasteiger partial charge in [-0.2, -0.15) is 0 Å². The summed E-state index contributed by atoms with van der Waals surface area (Å²) < 4.78 is 0. The molecule has 0 radical (unpaired) electrons. The molecule has 0 aliphatic rings. The molecule has 0 bridgehead atoms. The van der Waals surface area contributed by atoms with Crippen molar-refractivity contribution >= 4 is 0 Å². The van der Waals surface area contributed by atoms with Gasteiger partial charge < -0.3 is 30.6 Å². The van der Waals surface area contributed by atoms with Gasteiger partial charge >= 0.3 is 0 Å². The number of aliphatic hydroxyl groups is 6. The Kier molecular flexibility index (Phi) is 31.5. The normalized spacial score (nSPS) is 7.85. The lowest BCUT2D eigenvalue weighted by molar-refractivity contribution is 0.0450. The van der Waals surface area contributed by atoms with Crippen LogP contribution in [0.15, 0.2) is 12.8 Å². The molecule has 0 amide bonds. The highest BCUT2D eigenvalue weighted by Gasteiger charge is 1.93. The van der Waals surface area contributed by atoms with Crippen LogP contribution in [-0.4, -0.2) is 63.2 Å². The molecule has 0 aromatic heterocycles. The van der Waals surface area contributed by atoms with Gasteiger partial charge in [-0.15, -0.1) is 0 Å². The van der Waals surface area contributed by atoms with Crippen LogP contribution in [-0.2, 0) is 0 Å². The zero-order chi connectivity index (χ0) is 11.1. The Bertz CT molecular complexity index is 71.4. The zero-order valence-electron chi connectivity index (χ0n) is 7.37. The molecule has 0 aliphatic carbocycles. The second kappa shape index (κ2) is 22.5. The van der Waals surface area contributed by atoms with Gasteiger partial charge in [-0.05, 0) is 0 Å². The first-order valence-corrected chi connectivity index (χ1v) is 3.51. The van der Waals surface area contributed by atoms with Crippen molar-refractivity contribution in [2.24, 2.45) is 0 Å². The van der Waals surface area contributed by atoms with Crippen molar-refractivity contribution in [2.75, 3.05) is 26.4 Å². The molecule has 0 spiro atoms. The van der Waals surface area contributed by atoms with Crippen molar-refractivity contribution < 1.29 is 30.6 Å². The molecule has 6 heteroatoms. The van der Waals surface area contributed by atoms with E-state index in [1.165, 1.54) is 0 Å². The van der Waals surface area contributed by atoms with Gasteiger partial charge in [0.1, 0.15) is 6.10 Å². The minimum absolute atomic E-state index is 0.125. The second-order valence-electron chi connectivity index (χ2n) is 1.65. The zero-order valence-corrected chi connectivity index (χ0v) is 7.37. The first-order chi connectivity index (χ1) is 6.14. The van der Waals surface area contributed by atoms with Crippen LogP contribution in [0.25, 0.3) is 0 Å². The highest BCUT2D eigenvalue weighted by molar-refractivity contribution is 4.44. The monoisotopic (exact) mass is 198 g/mol. The molecule has 0 unspecified atom stereocenters. The van der Waals surface area contributed by atoms with Crippen molar-refractivity contribution in [1.29, 1.82) is 0 Å². The number of aliphatic hydroxyl groups excluding tert-OH is 6. The lowest BCUT2D eigenvalue weighted by atomic mass is 10.4. The maximum Gasteiger partial charge on any atom is 0.100 e. The number of rotatable bonds is 3. The minimum Gasteiger partial charge on any atom is -0.516 e. The van der Waals surface area contributed by atoms with E-state index in [0.717, 1.165) is 6.26 Å². The van der Waals surface area contributed by atoms with Crippen molar-refractivity contribution in [1.82, 2.24) is 0 Å². The van der Waals surface area contributed by atoms with Gasteiger partial charge in [0.2, 0.25) is 0 Å². The van der Waals surface area contributed by atoms with Gasteiger partial charge in [0, 0.05) is 0 Å². The fourth-order valence-corrected chi connectivity index (χ4v) is 0.0577. The van der Waals surface area contributed by atoms with Gasteiger partial charge in [0.15, 0.2) is 0 Å². The van der Waals surface area contributed by atoms with Gasteiger partial charge in [0.25, 0.3) is 0 Å². The maximum atomic E-state index is 8.17. The Morgan fingerprint density at radius 1 is 1.00 bits per heavy atom. The summed E-state index contributed by atoms with van der Waals surface area (Å²) in [6.07, 6.45) is -0.204. The number of hydrogen-bond acceptors (Lipinski definition) is 6. The Morgan fingerprint density at radius 2 is 1.23 bits per heavy atom. The molecule has 0 fully saturated rings. The summed E-state index contributed by atoms with van der Waals surface area (Å²) in [4.78, 5) is 0. The van der Waals surface area contributed by atoms with E-state index in [-0.39, 0.29) is 26.4 Å². The minimum atomic E-state index is -0.954. The molecule has 0 rings (SSSR count). The highest BCUT2D eigenvalue weighted by Crippen LogP contribution is 1.71. The summed E-state index contributed by atoms with van der Waals surface area (Å²) in [5.41, 5.74) is 0. The largest absolute Gasteiger partial charge is 0.516 e. The average molecular weight is 198 g/mol. The average Bonchev–Trinajstić information content (AvgIpc) is 2.18. The van der Waals surface area contributed by atoms with E-state index in [9.17, 15) is 0 Å². The summed E-state index contributed by atoms with van der Waals surface area (Å²) in [7, 11) is 0. The van der Waals surface area contributed by atoms with E-state index in [1.54, 1.807) is 0 Å². The Hall–Kier alpha value is -0.660. The van der Waals surface area contributed by atoms with E-state index in [4.69, 9.17) is 30.6 Å². The predicted octanol–water partition coefficient (Wildman–Crippen LogP) is -2.01. The SMILES string of the molecule is C=CO.OCC(O)CO.OCCO. The van der Waals surface area contributed by atoms with Crippen molar-refractivity contribution in [3.63, 3.8) is 0 Å². The topological polar surface area (TPSA) is 121 Å². The molecule has 13 heavy (non-hydrogen) atoms. The van der Waals surface area contributed by atoms with Crippen LogP contribution in [0.5, 0.6) is 0 Å². The van der Waals surface area contributed by atoms with Crippen LogP contribution in [0.4, 0.5) is 0 Å². The summed E-state index contributed by atoms with van der Waals surface area (Å²) in [5.74, 6) is 0. The maximum absolute atomic E-state index is 8.17. The first kappa shape index (κ1) is 18.2. The molecule has 0 saturated heterocycles. The molecular weight excluding hydrogens is 180 g/mol. The molecule has 82 valence electrons. The second-order valence-corrected chi connectivity index (χ2v) is 1.65. The summed E-state index contributed by atoms with van der Waals surface area (Å²) in [5, 5.41) is 46.6. The van der Waals surface area contributed by atoms with Gasteiger partial charge in [0.05, 0.1) is 32.7 Å². The van der Waals surface area contributed by atoms with E-state index >= 15 is 0 Å². The summed E-state index contributed by atoms with van der Waals surface area (Å²) in [6.45, 7) is 1.94. The van der Waals surface area contributed by atoms with Gasteiger partial charge in [-0.3, -0.25) is 0 Å². The molecule has 0 aromatic carbocycles. The highest BCUT2D eigenvalue weighted by atomic mass is 16.3. The van der Waals surface area contributed by atoms with E-state index in [2.05, 4.69) is 6.58 Å². The molecule has 0 aromatic rings. The fourth-order valence-electron chi connectivity index (χ4n) is 0.0577. The molecule has 0 saturated carbocycles. The molecule has 6 nitrogen and oxygen atoms in total. The molecular formula is C7H18O6. The van der Waals surface area contributed by atoms with Crippen molar-refractivity contribution in [3.05, 3.63) is 12.8 Å². The van der Waals surface area contributed by atoms with Crippen molar-refractivity contribution in [3.8, 4) is 0 Å². The van der Waals surface area contributed by atoms with Crippen LogP contribution in [0.1, 0.15) is 0 Å². The lowest BCUT2D eigenvalue weighted by Gasteiger charge is -1.96. The van der Waals surface area contributed by atoms with Crippen LogP contribution in [0.3, 0.4) is 0 Å². The molecule has 0 heterocycles. The fraction of sp³-hybridized carbons (Fsp3) is 0.714. The van der Waals surface area contributed by atoms with E-state index in [1.807, 2.05) is 0 Å². The quantitative estimate of drug-likeness (QED) is 0.291.